The van der Waals surface area contributed by atoms with Crippen molar-refractivity contribution in [3.63, 3.8) is 0 Å². The van der Waals surface area contributed by atoms with Crippen LogP contribution in [-0.4, -0.2) is 48.3 Å². The van der Waals surface area contributed by atoms with Crippen LogP contribution in [-0.2, 0) is 11.2 Å². The molecule has 0 bridgehead atoms. The molecule has 0 atom stereocenters. The highest BCUT2D eigenvalue weighted by molar-refractivity contribution is 5.79. The first kappa shape index (κ1) is 20.1. The molecule has 2 fully saturated rings. The number of alkyl halides is 3. The van der Waals surface area contributed by atoms with Crippen molar-refractivity contribution in [2.75, 3.05) is 31.1 Å². The van der Waals surface area contributed by atoms with E-state index in [2.05, 4.69) is 15.8 Å². The van der Waals surface area contributed by atoms with Gasteiger partial charge in [0, 0.05) is 32.1 Å². The number of benzene rings is 1. The van der Waals surface area contributed by atoms with Crippen LogP contribution in [0.15, 0.2) is 28.7 Å². The molecule has 1 saturated carbocycles. The quantitative estimate of drug-likeness (QED) is 0.739. The number of ether oxygens (including phenoxy) is 1. The van der Waals surface area contributed by atoms with Gasteiger partial charge in [0.1, 0.15) is 11.8 Å². The van der Waals surface area contributed by atoms with Gasteiger partial charge in [-0.15, -0.1) is 13.2 Å². The van der Waals surface area contributed by atoms with Crippen LogP contribution in [0.3, 0.4) is 0 Å². The van der Waals surface area contributed by atoms with E-state index in [1.807, 2.05) is 4.90 Å². The van der Waals surface area contributed by atoms with Crippen LogP contribution in [0.1, 0.15) is 35.9 Å². The number of anilines is 1. The molecule has 0 unspecified atom stereocenters. The Bertz CT molecular complexity index is 953. The molecule has 1 aromatic carbocycles. The molecule has 1 aromatic heterocycles. The molecule has 4 rings (SSSR count). The molecule has 0 spiro atoms. The molecule has 1 aliphatic carbocycles. The van der Waals surface area contributed by atoms with Crippen LogP contribution >= 0.6 is 0 Å². The molecule has 1 aliphatic heterocycles. The van der Waals surface area contributed by atoms with E-state index in [9.17, 15) is 23.2 Å². The van der Waals surface area contributed by atoms with E-state index in [0.717, 1.165) is 12.8 Å². The number of carbonyl (C=O) groups is 1. The normalized spacial score (nSPS) is 17.0. The van der Waals surface area contributed by atoms with Crippen LogP contribution in [0.25, 0.3) is 0 Å². The van der Waals surface area contributed by atoms with Crippen molar-refractivity contribution in [1.82, 2.24) is 9.88 Å². The van der Waals surface area contributed by atoms with Gasteiger partial charge in [-0.25, -0.2) is 4.98 Å². The Labute approximate surface area is 170 Å². The Hall–Kier alpha value is -3.22. The highest BCUT2D eigenvalue weighted by atomic mass is 19.4. The zero-order chi connectivity index (χ0) is 21.3. The van der Waals surface area contributed by atoms with E-state index in [1.165, 1.54) is 24.3 Å². The van der Waals surface area contributed by atoms with E-state index in [0.29, 0.717) is 49.4 Å². The average Bonchev–Trinajstić information content (AvgIpc) is 3.47. The van der Waals surface area contributed by atoms with Crippen molar-refractivity contribution in [2.45, 2.75) is 31.5 Å². The summed E-state index contributed by atoms with van der Waals surface area (Å²) in [6.07, 6.45) is -2.61. The second kappa shape index (κ2) is 7.89. The minimum absolute atomic E-state index is 0.0872. The molecular weight excluding hydrogens is 401 g/mol. The lowest BCUT2D eigenvalue weighted by Crippen LogP contribution is -2.49. The zero-order valence-electron chi connectivity index (χ0n) is 16.0. The summed E-state index contributed by atoms with van der Waals surface area (Å²) in [4.78, 5) is 20.4. The number of nitrogens with zero attached hydrogens (tertiary/aromatic N) is 4. The molecule has 2 aromatic rings. The standard InChI is InChI=1S/C20H19F3N4O3/c21-20(22,23)30-15-5-1-13(2-6-15)11-17(28)26-7-9-27(10-8-26)19-16(12-24)25-18(29-19)14-3-4-14/h1-2,5-6,14H,3-4,7-11H2. The smallest absolute Gasteiger partial charge is 0.423 e. The molecule has 0 radical (unpaired) electrons. The molecular formula is C20H19F3N4O3. The van der Waals surface area contributed by atoms with Gasteiger partial charge in [0.05, 0.1) is 6.42 Å². The lowest BCUT2D eigenvalue weighted by atomic mass is 10.1. The number of amides is 1. The number of rotatable bonds is 5. The SMILES string of the molecule is N#Cc1nc(C2CC2)oc1N1CCN(C(=O)Cc2ccc(OC(F)(F)F)cc2)CC1. The number of hydrogen-bond donors (Lipinski definition) is 0. The number of nitriles is 1. The monoisotopic (exact) mass is 420 g/mol. The van der Waals surface area contributed by atoms with E-state index >= 15 is 0 Å². The Morgan fingerprint density at radius 2 is 1.87 bits per heavy atom. The zero-order valence-corrected chi connectivity index (χ0v) is 16.0. The lowest BCUT2D eigenvalue weighted by Gasteiger charge is -2.34. The fraction of sp³-hybridized carbons (Fsp3) is 0.450. The average molecular weight is 420 g/mol. The van der Waals surface area contributed by atoms with Gasteiger partial charge in [-0.1, -0.05) is 12.1 Å². The van der Waals surface area contributed by atoms with Gasteiger partial charge >= 0.3 is 6.36 Å². The predicted octanol–water partition coefficient (Wildman–Crippen LogP) is 3.21. The van der Waals surface area contributed by atoms with E-state index < -0.39 is 6.36 Å². The fourth-order valence-corrected chi connectivity index (χ4v) is 3.37. The molecule has 1 saturated heterocycles. The highest BCUT2D eigenvalue weighted by Gasteiger charge is 2.33. The molecule has 30 heavy (non-hydrogen) atoms. The van der Waals surface area contributed by atoms with E-state index in [4.69, 9.17) is 4.42 Å². The van der Waals surface area contributed by atoms with Gasteiger partial charge in [0.2, 0.25) is 23.4 Å². The molecule has 1 amide bonds. The Morgan fingerprint density at radius 1 is 1.20 bits per heavy atom. The Kier molecular flexibility index (Phi) is 5.28. The first-order valence-corrected chi connectivity index (χ1v) is 9.60. The summed E-state index contributed by atoms with van der Waals surface area (Å²) in [6.45, 7) is 1.94. The van der Waals surface area contributed by atoms with Crippen molar-refractivity contribution < 1.29 is 27.1 Å². The van der Waals surface area contributed by atoms with Gasteiger partial charge < -0.3 is 19.0 Å². The molecule has 0 N–H and O–H groups in total. The molecule has 158 valence electrons. The van der Waals surface area contributed by atoms with Crippen LogP contribution in [0.5, 0.6) is 5.75 Å². The first-order chi connectivity index (χ1) is 14.3. The molecule has 2 heterocycles. The highest BCUT2D eigenvalue weighted by Crippen LogP contribution is 2.41. The summed E-state index contributed by atoms with van der Waals surface area (Å²) in [5.41, 5.74) is 0.880. The van der Waals surface area contributed by atoms with Crippen molar-refractivity contribution in [3.8, 4) is 11.8 Å². The number of piperazine rings is 1. The predicted molar refractivity (Wildman–Crippen MR) is 98.8 cm³/mol. The summed E-state index contributed by atoms with van der Waals surface area (Å²) in [5.74, 6) is 0.945. The summed E-state index contributed by atoms with van der Waals surface area (Å²) in [5, 5.41) is 9.32. The topological polar surface area (TPSA) is 82.6 Å². The minimum atomic E-state index is -4.74. The summed E-state index contributed by atoms with van der Waals surface area (Å²) in [6, 6.07) is 7.35. The number of carbonyl (C=O) groups excluding carboxylic acids is 1. The third kappa shape index (κ3) is 4.67. The van der Waals surface area contributed by atoms with Crippen LogP contribution < -0.4 is 9.64 Å². The van der Waals surface area contributed by atoms with Crippen molar-refractivity contribution >= 4 is 11.8 Å². The van der Waals surface area contributed by atoms with Gasteiger partial charge in [0.15, 0.2) is 0 Å². The first-order valence-electron chi connectivity index (χ1n) is 9.60. The third-order valence-corrected chi connectivity index (χ3v) is 5.09. The van der Waals surface area contributed by atoms with E-state index in [-0.39, 0.29) is 23.8 Å². The number of halogens is 3. The number of hydrogen-bond acceptors (Lipinski definition) is 6. The molecule has 7 nitrogen and oxygen atoms in total. The largest absolute Gasteiger partial charge is 0.573 e. The van der Waals surface area contributed by atoms with Gasteiger partial charge in [-0.2, -0.15) is 5.26 Å². The fourth-order valence-electron chi connectivity index (χ4n) is 3.37. The summed E-state index contributed by atoms with van der Waals surface area (Å²) < 4.78 is 46.3. The van der Waals surface area contributed by atoms with Gasteiger partial charge in [-0.3, -0.25) is 4.79 Å². The third-order valence-electron chi connectivity index (χ3n) is 5.09. The summed E-state index contributed by atoms with van der Waals surface area (Å²) in [7, 11) is 0. The second-order valence-corrected chi connectivity index (χ2v) is 7.33. The number of oxazole rings is 1. The van der Waals surface area contributed by atoms with Gasteiger partial charge in [0.25, 0.3) is 0 Å². The van der Waals surface area contributed by atoms with Crippen molar-refractivity contribution in [1.29, 1.82) is 5.26 Å². The second-order valence-electron chi connectivity index (χ2n) is 7.33. The minimum Gasteiger partial charge on any atom is -0.423 e. The molecule has 10 heteroatoms. The number of aromatic nitrogens is 1. The van der Waals surface area contributed by atoms with Crippen molar-refractivity contribution in [3.05, 3.63) is 41.4 Å². The molecule has 2 aliphatic rings. The maximum atomic E-state index is 12.6. The summed E-state index contributed by atoms with van der Waals surface area (Å²) >= 11 is 0. The lowest BCUT2D eigenvalue weighted by molar-refractivity contribution is -0.274. The van der Waals surface area contributed by atoms with Crippen molar-refractivity contribution in [2.24, 2.45) is 0 Å². The van der Waals surface area contributed by atoms with Crippen LogP contribution in [0.2, 0.25) is 0 Å². The van der Waals surface area contributed by atoms with Crippen LogP contribution in [0, 0.1) is 11.3 Å². The van der Waals surface area contributed by atoms with E-state index in [1.54, 1.807) is 4.90 Å². The van der Waals surface area contributed by atoms with Crippen LogP contribution in [0.4, 0.5) is 19.1 Å². The maximum absolute atomic E-state index is 12.6. The maximum Gasteiger partial charge on any atom is 0.573 e. The van der Waals surface area contributed by atoms with Gasteiger partial charge in [-0.05, 0) is 30.5 Å². The Balaban J connectivity index is 1.32. The Morgan fingerprint density at radius 3 is 2.43 bits per heavy atom.